The summed E-state index contributed by atoms with van der Waals surface area (Å²) in [5.41, 5.74) is 0. The van der Waals surface area contributed by atoms with Gasteiger partial charge in [0, 0.05) is 0 Å². The molecule has 0 N–H and O–H groups in total. The second-order valence-electron chi connectivity index (χ2n) is 6.87. The van der Waals surface area contributed by atoms with Crippen molar-refractivity contribution in [2.45, 2.75) is 64.7 Å². The van der Waals surface area contributed by atoms with Crippen LogP contribution in [0.25, 0.3) is 0 Å². The topological polar surface area (TPSA) is 0 Å². The maximum atomic E-state index is 4.32. The fraction of sp³-hybridized carbons (Fsp3) is 1.00. The summed E-state index contributed by atoms with van der Waals surface area (Å²) in [4.78, 5) is 0. The fourth-order valence-electron chi connectivity index (χ4n) is 3.34. The number of hydrogen-bond donors (Lipinski definition) is 0. The van der Waals surface area contributed by atoms with Crippen LogP contribution in [-0.2, 0) is 0 Å². The van der Waals surface area contributed by atoms with Gasteiger partial charge in [-0.15, -0.1) is 0 Å². The first kappa shape index (κ1) is 13.0. The molecule has 0 aromatic heterocycles. The van der Waals surface area contributed by atoms with Crippen LogP contribution in [0.1, 0.15) is 54.4 Å². The molecule has 0 atom stereocenters. The summed E-state index contributed by atoms with van der Waals surface area (Å²) in [6, 6.07) is 0. The van der Waals surface area contributed by atoms with Gasteiger partial charge in [-0.05, 0) is 0 Å². The van der Waals surface area contributed by atoms with Gasteiger partial charge in [-0.2, -0.15) is 0 Å². The average Bonchev–Trinajstić information content (AvgIpc) is 2.31. The van der Waals surface area contributed by atoms with E-state index in [9.17, 15) is 0 Å². The van der Waals surface area contributed by atoms with E-state index in [4.69, 9.17) is 0 Å². The molecule has 14 heavy (non-hydrogen) atoms. The van der Waals surface area contributed by atoms with E-state index in [0.717, 1.165) is 0 Å². The van der Waals surface area contributed by atoms with Crippen molar-refractivity contribution in [2.75, 3.05) is 12.3 Å². The Morgan fingerprint density at radius 2 is 1.07 bits per heavy atom. The molecule has 1 aliphatic heterocycles. The first-order valence-electron chi connectivity index (χ1n) is 5.75. The molecule has 1 rings (SSSR count). The second kappa shape index (κ2) is 3.20. The Morgan fingerprint density at radius 1 is 0.786 bits per heavy atom. The molecule has 1 heterocycles. The van der Waals surface area contributed by atoms with E-state index < -0.39 is 5.31 Å². The van der Waals surface area contributed by atoms with Gasteiger partial charge in [0.1, 0.15) is 0 Å². The standard InChI is InChI=1S/C12H26BrP/c1-11(2,3)14(13,12(4,5)6)9-7-8-10-14/h7-10H2,1-6H3. The van der Waals surface area contributed by atoms with Crippen molar-refractivity contribution < 1.29 is 0 Å². The monoisotopic (exact) mass is 280 g/mol. The van der Waals surface area contributed by atoms with Gasteiger partial charge in [-0.3, -0.25) is 0 Å². The third kappa shape index (κ3) is 1.42. The van der Waals surface area contributed by atoms with E-state index in [2.05, 4.69) is 57.0 Å². The maximum absolute atomic E-state index is 4.32. The van der Waals surface area contributed by atoms with Crippen LogP contribution < -0.4 is 0 Å². The Bertz CT molecular complexity index is 208. The van der Waals surface area contributed by atoms with E-state index in [1.165, 1.54) is 25.2 Å². The summed E-state index contributed by atoms with van der Waals surface area (Å²) in [5.74, 6) is 0. The summed E-state index contributed by atoms with van der Waals surface area (Å²) < 4.78 is 0. The van der Waals surface area contributed by atoms with E-state index in [-0.39, 0.29) is 0 Å². The Balaban J connectivity index is 3.29. The van der Waals surface area contributed by atoms with Gasteiger partial charge in [0.05, 0.1) is 0 Å². The number of hydrogen-bond acceptors (Lipinski definition) is 0. The predicted octanol–water partition coefficient (Wildman–Crippen LogP) is 5.24. The van der Waals surface area contributed by atoms with Crippen LogP contribution in [0.5, 0.6) is 0 Å². The molecule has 2 heteroatoms. The second-order valence-corrected chi connectivity index (χ2v) is 18.3. The van der Waals surface area contributed by atoms with Gasteiger partial charge in [0.2, 0.25) is 0 Å². The molecule has 0 aliphatic carbocycles. The summed E-state index contributed by atoms with van der Waals surface area (Å²) in [6.45, 7) is 14.6. The summed E-state index contributed by atoms with van der Waals surface area (Å²) >= 11 is 4.32. The van der Waals surface area contributed by atoms with Crippen LogP contribution in [0, 0.1) is 0 Å². The molecule has 1 aliphatic rings. The third-order valence-electron chi connectivity index (χ3n) is 4.57. The van der Waals surface area contributed by atoms with Gasteiger partial charge in [0.15, 0.2) is 0 Å². The van der Waals surface area contributed by atoms with E-state index in [0.29, 0.717) is 10.3 Å². The zero-order valence-corrected chi connectivity index (χ0v) is 13.1. The van der Waals surface area contributed by atoms with Crippen molar-refractivity contribution in [1.82, 2.24) is 0 Å². The average molecular weight is 281 g/mol. The molecule has 0 spiro atoms. The molecule has 1 fully saturated rings. The molecule has 86 valence electrons. The molecule has 0 aromatic rings. The molecule has 0 unspecified atom stereocenters. The Kier molecular flexibility index (Phi) is 2.97. The van der Waals surface area contributed by atoms with Gasteiger partial charge < -0.3 is 0 Å². The van der Waals surface area contributed by atoms with E-state index in [1.54, 1.807) is 0 Å². The molecular weight excluding hydrogens is 255 g/mol. The van der Waals surface area contributed by atoms with Crippen molar-refractivity contribution >= 4 is 20.8 Å². The molecule has 0 saturated carbocycles. The van der Waals surface area contributed by atoms with Crippen molar-refractivity contribution in [1.29, 1.82) is 0 Å². The van der Waals surface area contributed by atoms with Crippen LogP contribution in [0.4, 0.5) is 0 Å². The molecule has 0 radical (unpaired) electrons. The van der Waals surface area contributed by atoms with Gasteiger partial charge in [0.25, 0.3) is 0 Å². The summed E-state index contributed by atoms with van der Waals surface area (Å²) in [5, 5.41) is -0.817. The van der Waals surface area contributed by atoms with Crippen LogP contribution in [0.2, 0.25) is 0 Å². The summed E-state index contributed by atoms with van der Waals surface area (Å²) in [6.07, 6.45) is 5.74. The van der Waals surface area contributed by atoms with E-state index >= 15 is 0 Å². The Hall–Kier alpha value is 0.910. The first-order chi connectivity index (χ1) is 6.03. The van der Waals surface area contributed by atoms with Gasteiger partial charge in [-0.1, -0.05) is 0 Å². The molecule has 0 nitrogen and oxygen atoms in total. The normalized spacial score (nSPS) is 29.5. The fourth-order valence-corrected chi connectivity index (χ4v) is 11.5. The van der Waals surface area contributed by atoms with Crippen molar-refractivity contribution in [3.63, 3.8) is 0 Å². The number of halogens is 1. The zero-order chi connectivity index (χ0) is 11.3. The van der Waals surface area contributed by atoms with E-state index in [1.807, 2.05) is 0 Å². The molecule has 0 amide bonds. The summed E-state index contributed by atoms with van der Waals surface area (Å²) in [7, 11) is 0. The SMILES string of the molecule is CC(C)(C)P1(Br)(C(C)(C)C)CCCC1. The molecule has 0 bridgehead atoms. The third-order valence-corrected chi connectivity index (χ3v) is 21.7. The first-order valence-corrected chi connectivity index (χ1v) is 10.4. The Labute approximate surface area is 97.9 Å². The number of rotatable bonds is 0. The van der Waals surface area contributed by atoms with Crippen LogP contribution in [0.15, 0.2) is 0 Å². The molecule has 1 saturated heterocycles. The molecule has 0 aromatic carbocycles. The van der Waals surface area contributed by atoms with Crippen LogP contribution in [-0.4, -0.2) is 22.6 Å². The van der Waals surface area contributed by atoms with Gasteiger partial charge in [-0.25, -0.2) is 0 Å². The quantitative estimate of drug-likeness (QED) is 0.533. The zero-order valence-electron chi connectivity index (χ0n) is 10.7. The molecular formula is C12H26BrP. The minimum atomic E-state index is -1.71. The minimum absolute atomic E-state index is 0.445. The van der Waals surface area contributed by atoms with Crippen molar-refractivity contribution in [3.8, 4) is 0 Å². The van der Waals surface area contributed by atoms with Crippen molar-refractivity contribution in [2.24, 2.45) is 0 Å². The van der Waals surface area contributed by atoms with Crippen LogP contribution >= 0.6 is 20.8 Å². The predicted molar refractivity (Wildman–Crippen MR) is 74.3 cm³/mol. The Morgan fingerprint density at radius 3 is 1.21 bits per heavy atom. The van der Waals surface area contributed by atoms with Crippen molar-refractivity contribution in [3.05, 3.63) is 0 Å². The van der Waals surface area contributed by atoms with Crippen LogP contribution in [0.3, 0.4) is 0 Å². The van der Waals surface area contributed by atoms with Gasteiger partial charge >= 0.3 is 97.8 Å².